The fourth-order valence-corrected chi connectivity index (χ4v) is 16.9. The van der Waals surface area contributed by atoms with Crippen molar-refractivity contribution in [3.8, 4) is 0 Å². The molecule has 5 atom stereocenters. The van der Waals surface area contributed by atoms with Crippen LogP contribution in [0.5, 0.6) is 0 Å². The zero-order chi connectivity index (χ0) is 97.8. The van der Waals surface area contributed by atoms with Gasteiger partial charge in [-0.3, -0.25) is 57.5 Å². The van der Waals surface area contributed by atoms with Crippen LogP contribution in [0.4, 0.5) is 0 Å². The van der Waals surface area contributed by atoms with Gasteiger partial charge in [-0.25, -0.2) is 0 Å². The number of rotatable bonds is 60. The molecule has 0 radical (unpaired) electrons. The summed E-state index contributed by atoms with van der Waals surface area (Å²) in [5.74, 6) is -7.20. The van der Waals surface area contributed by atoms with E-state index < -0.39 is 167 Å². The van der Waals surface area contributed by atoms with Crippen LogP contribution in [0.15, 0.2) is 213 Å². The molecule has 9 aromatic rings. The average molecular weight is 1860 g/mol. The van der Waals surface area contributed by atoms with Crippen molar-refractivity contribution in [1.82, 2.24) is 69.2 Å². The molecule has 136 heavy (non-hydrogen) atoms. The number of para-hydroxylation sites is 2. The zero-order valence-electron chi connectivity index (χ0n) is 79.8. The quantitative estimate of drug-likeness (QED) is 0.0162. The van der Waals surface area contributed by atoms with E-state index >= 15 is 43.2 Å². The number of H-pyrrole nitrogens is 2. The highest BCUT2D eigenvalue weighted by Gasteiger charge is 2.38. The Kier molecular flexibility index (Phi) is 44.2. The predicted molar refractivity (Wildman–Crippen MR) is 530 cm³/mol. The van der Waals surface area contributed by atoms with Gasteiger partial charge in [-0.05, 0) is 202 Å². The number of nitrogens with two attached hydrogens (primary N) is 6. The number of primary amides is 1. The molecule has 2 aromatic heterocycles. The smallest absolute Gasteiger partial charge is 0.243 e. The van der Waals surface area contributed by atoms with Gasteiger partial charge >= 0.3 is 0 Å². The van der Waals surface area contributed by atoms with Gasteiger partial charge in [-0.15, -0.1) is 0 Å². The van der Waals surface area contributed by atoms with E-state index in [9.17, 15) is 14.4 Å². The molecule has 730 valence electrons. The summed E-state index contributed by atoms with van der Waals surface area (Å²) in [6.07, 6.45) is 9.05. The van der Waals surface area contributed by atoms with Crippen LogP contribution in [-0.2, 0) is 70.4 Å². The summed E-state index contributed by atoms with van der Waals surface area (Å²) >= 11 is 0. The van der Waals surface area contributed by atoms with Crippen LogP contribution in [0, 0.1) is 0 Å². The lowest BCUT2D eigenvalue weighted by molar-refractivity contribution is -0.151. The molecule has 7 aromatic carbocycles. The maximum Gasteiger partial charge on any atom is 0.243 e. The molecule has 0 saturated carbocycles. The van der Waals surface area contributed by atoms with Crippen molar-refractivity contribution < 1.29 is 57.5 Å². The van der Waals surface area contributed by atoms with Gasteiger partial charge in [0.1, 0.15) is 32.7 Å². The molecule has 0 unspecified atom stereocenters. The molecule has 32 heteroatoms. The van der Waals surface area contributed by atoms with Crippen molar-refractivity contribution in [2.45, 2.75) is 142 Å². The number of aromatic nitrogens is 2. The first-order valence-electron chi connectivity index (χ1n) is 47.8. The molecule has 32 nitrogen and oxygen atoms in total. The van der Waals surface area contributed by atoms with Crippen LogP contribution < -0.4 is 39.7 Å². The van der Waals surface area contributed by atoms with Gasteiger partial charge in [0.25, 0.3) is 0 Å². The van der Waals surface area contributed by atoms with Gasteiger partial charge < -0.3 is 104 Å². The second-order valence-corrected chi connectivity index (χ2v) is 34.8. The lowest BCUT2D eigenvalue weighted by atomic mass is 10.0. The summed E-state index contributed by atoms with van der Waals surface area (Å²) in [7, 11) is 0. The van der Waals surface area contributed by atoms with E-state index in [0.29, 0.717) is 99.6 Å². The molecular weight excluding hydrogens is 1720 g/mol. The Labute approximate surface area is 800 Å². The van der Waals surface area contributed by atoms with E-state index in [2.05, 4.69) is 15.3 Å². The number of amides is 12. The molecule has 0 aliphatic heterocycles. The topological polar surface area (TPSA) is 440 Å². The van der Waals surface area contributed by atoms with Crippen molar-refractivity contribution in [2.24, 2.45) is 34.4 Å². The Morgan fingerprint density at radius 1 is 0.265 bits per heavy atom. The predicted octanol–water partition coefficient (Wildman–Crippen LogP) is 8.12. The number of unbranched alkanes of at least 4 members (excludes halogenated alkanes) is 5. The Bertz CT molecular complexity index is 5260. The van der Waals surface area contributed by atoms with Crippen LogP contribution in [0.2, 0.25) is 0 Å². The highest BCUT2D eigenvalue weighted by atomic mass is 16.2. The molecule has 0 spiro atoms. The fraction of sp³-hybridized carbons (Fsp3) is 0.442. The minimum atomic E-state index is -0.848. The van der Waals surface area contributed by atoms with Crippen molar-refractivity contribution in [3.05, 3.63) is 252 Å². The van der Waals surface area contributed by atoms with Crippen molar-refractivity contribution in [2.75, 3.05) is 157 Å². The average Bonchev–Trinajstić information content (AvgIpc) is 1.50. The summed E-state index contributed by atoms with van der Waals surface area (Å²) in [4.78, 5) is 204. The zero-order valence-corrected chi connectivity index (χ0v) is 79.8. The Morgan fingerprint density at radius 2 is 0.493 bits per heavy atom. The Hall–Kier alpha value is -13.0. The van der Waals surface area contributed by atoms with Gasteiger partial charge in [0.2, 0.25) is 70.9 Å². The van der Waals surface area contributed by atoms with Crippen molar-refractivity contribution >= 4 is 92.7 Å². The maximum atomic E-state index is 16.0. The standard InChI is InChI=1S/C104H142N20O12/c1-77(82-35-11-6-12-36-82)120(94(126)65-111-56-30-25-51-105)75-103(135)122(79(3)84-39-15-8-16-40-84)73-99(131)117(60-34-29-55-109)71-102(134)124(81(5)86-43-19-10-20-44-86)76-104(136)123(80(4)85-41-17-9-18-42-85)74-100(132)116(59-33-28-54-108)70-101(133)121(78(2)83-37-13-7-14-38-83)72-98(130)115(58-32-27-53-107)67-95(127)114(57-31-26-52-106)68-97(129)119(62-50-88-64-113-92-48-24-22-46-90(88)92)69-96(128)118(66-93(110)125)61-49-87-63-112-91-47-23-21-45-89(87)91/h6-24,35-48,63-64,77-81,111-113H,25-34,49-62,65-76,105-109H2,1-5H3,(H2,110,125)/t77-,78-,79-,80-,81-/m0/s1. The highest BCUT2D eigenvalue weighted by molar-refractivity contribution is 5.96. The number of nitrogens with zero attached hydrogens (tertiary/aromatic N) is 11. The van der Waals surface area contributed by atoms with E-state index in [1.165, 1.54) is 53.9 Å². The van der Waals surface area contributed by atoms with E-state index in [4.69, 9.17) is 34.4 Å². The number of nitrogens with one attached hydrogen (secondary N) is 3. The van der Waals surface area contributed by atoms with Gasteiger partial charge in [0, 0.05) is 73.5 Å². The summed E-state index contributed by atoms with van der Waals surface area (Å²) in [6, 6.07) is 57.3. The minimum Gasteiger partial charge on any atom is -0.368 e. The van der Waals surface area contributed by atoms with E-state index in [0.717, 1.165) is 51.3 Å². The number of fused-ring (bicyclic) bond motifs is 2. The molecule has 0 aliphatic rings. The fourth-order valence-electron chi connectivity index (χ4n) is 16.9. The van der Waals surface area contributed by atoms with Crippen LogP contribution in [-0.4, -0.2) is 292 Å². The Morgan fingerprint density at radius 3 is 0.779 bits per heavy atom. The summed E-state index contributed by atoms with van der Waals surface area (Å²) < 4.78 is 0. The van der Waals surface area contributed by atoms with Crippen LogP contribution in [0.1, 0.15) is 168 Å². The molecule has 0 bridgehead atoms. The summed E-state index contributed by atoms with van der Waals surface area (Å²) in [5, 5.41) is 5.08. The number of hydrogen-bond acceptors (Lipinski definition) is 18. The van der Waals surface area contributed by atoms with Gasteiger partial charge in [0.05, 0.1) is 76.0 Å². The molecule has 0 fully saturated rings. The molecule has 15 N–H and O–H groups in total. The SMILES string of the molecule is C[C@@H](c1ccccc1)N(CC(=O)N(CCCCN)CC(=O)N(CCCCN)CC(=O)N(CCc1c[nH]c2ccccc12)CC(=O)N(CCc1c[nH]c2ccccc12)CC(N)=O)C(=O)CN(CCCCN)C(=O)CN(C(=O)CN(C(=O)CN(CCCCN)C(=O)CN(C(=O)CN(C(=O)CNCCCCN)[C@@H](C)c1ccccc1)[C@@H](C)c1ccccc1)[C@@H](C)c1ccccc1)[C@@H](C)c1ccccc1. The first-order chi connectivity index (χ1) is 65.8. The highest BCUT2D eigenvalue weighted by Crippen LogP contribution is 2.30. The van der Waals surface area contributed by atoms with Gasteiger partial charge in [-0.2, -0.15) is 0 Å². The second-order valence-electron chi connectivity index (χ2n) is 34.8. The first-order valence-corrected chi connectivity index (χ1v) is 47.8. The van der Waals surface area contributed by atoms with Gasteiger partial charge in [0.15, 0.2) is 0 Å². The minimum absolute atomic E-state index is 0.00397. The molecule has 2 heterocycles. The van der Waals surface area contributed by atoms with Crippen molar-refractivity contribution in [1.29, 1.82) is 0 Å². The molecule has 12 amide bonds. The lowest BCUT2D eigenvalue weighted by Crippen LogP contribution is -2.53. The molecule has 9 rings (SSSR count). The number of hydrogen-bond donors (Lipinski definition) is 9. The number of aromatic amines is 2. The van der Waals surface area contributed by atoms with E-state index in [-0.39, 0.29) is 77.9 Å². The number of benzene rings is 7. The Balaban J connectivity index is 0.990. The first kappa shape index (κ1) is 107. The largest absolute Gasteiger partial charge is 0.368 e. The molecule has 0 saturated heterocycles. The van der Waals surface area contributed by atoms with E-state index in [1.807, 2.05) is 171 Å². The van der Waals surface area contributed by atoms with Gasteiger partial charge in [-0.1, -0.05) is 188 Å². The second kappa shape index (κ2) is 56.4. The third kappa shape index (κ3) is 32.4. The molecular formula is C104H142N20O12. The number of carbonyl (C=O) groups excluding carboxylic acids is 12. The summed E-state index contributed by atoms with van der Waals surface area (Å²) in [5.41, 5.74) is 42.9. The van der Waals surface area contributed by atoms with Crippen LogP contribution in [0.25, 0.3) is 21.8 Å². The lowest BCUT2D eigenvalue weighted by Gasteiger charge is -2.37. The number of carbonyl (C=O) groups is 12. The van der Waals surface area contributed by atoms with Crippen molar-refractivity contribution in [3.63, 3.8) is 0 Å². The normalized spacial score (nSPS) is 12.3. The van der Waals surface area contributed by atoms with Crippen LogP contribution in [0.3, 0.4) is 0 Å². The van der Waals surface area contributed by atoms with Crippen LogP contribution >= 0.6 is 0 Å². The monoisotopic (exact) mass is 1860 g/mol. The van der Waals surface area contributed by atoms with E-state index in [1.54, 1.807) is 76.2 Å². The third-order valence-electron chi connectivity index (χ3n) is 25.2. The maximum absolute atomic E-state index is 16.0. The summed E-state index contributed by atoms with van der Waals surface area (Å²) in [6.45, 7) is 5.20. The molecule has 0 aliphatic carbocycles. The third-order valence-corrected chi connectivity index (χ3v) is 25.2.